The molecule has 25 heavy (non-hydrogen) atoms. The number of amides is 3. The molecule has 1 aromatic rings. The van der Waals surface area contributed by atoms with E-state index < -0.39 is 0 Å². The molecule has 0 saturated carbocycles. The molecule has 1 atom stereocenters. The van der Waals surface area contributed by atoms with Crippen LogP contribution in [0, 0.1) is 0 Å². The van der Waals surface area contributed by atoms with Crippen molar-refractivity contribution in [3.8, 4) is 5.75 Å². The van der Waals surface area contributed by atoms with E-state index in [4.69, 9.17) is 4.74 Å². The monoisotopic (exact) mass is 347 g/mol. The van der Waals surface area contributed by atoms with Gasteiger partial charge < -0.3 is 20.3 Å². The number of benzene rings is 1. The predicted octanol–water partition coefficient (Wildman–Crippen LogP) is 2.28. The van der Waals surface area contributed by atoms with E-state index in [-0.39, 0.29) is 23.9 Å². The number of nitrogens with zero attached hydrogens (tertiary/aromatic N) is 1. The van der Waals surface area contributed by atoms with Crippen LogP contribution in [0.4, 0.5) is 4.79 Å². The number of carbonyl (C=O) groups is 2. The molecule has 2 rings (SSSR count). The van der Waals surface area contributed by atoms with Gasteiger partial charge in [-0.1, -0.05) is 32.0 Å². The molecule has 0 spiro atoms. The van der Waals surface area contributed by atoms with Gasteiger partial charge in [0.1, 0.15) is 12.3 Å². The van der Waals surface area contributed by atoms with E-state index in [1.165, 1.54) is 0 Å². The van der Waals surface area contributed by atoms with Crippen molar-refractivity contribution >= 4 is 11.9 Å². The van der Waals surface area contributed by atoms with Gasteiger partial charge in [-0.15, -0.1) is 0 Å². The maximum absolute atomic E-state index is 12.3. The molecule has 1 aromatic carbocycles. The number of nitrogens with one attached hydrogen (secondary N) is 2. The molecule has 1 aliphatic rings. The van der Waals surface area contributed by atoms with Gasteiger partial charge in [-0.25, -0.2) is 4.79 Å². The summed E-state index contributed by atoms with van der Waals surface area (Å²) in [6.45, 7) is 6.25. The Kier molecular flexibility index (Phi) is 6.67. The lowest BCUT2D eigenvalue weighted by Crippen LogP contribution is -2.44. The van der Waals surface area contributed by atoms with Crippen LogP contribution in [0.1, 0.15) is 38.7 Å². The van der Waals surface area contributed by atoms with Gasteiger partial charge in [0.15, 0.2) is 0 Å². The Morgan fingerprint density at radius 3 is 2.88 bits per heavy atom. The molecule has 0 radical (unpaired) electrons. The normalized spacial score (nSPS) is 17.2. The van der Waals surface area contributed by atoms with Gasteiger partial charge >= 0.3 is 6.03 Å². The number of hydrogen-bond acceptors (Lipinski definition) is 3. The number of urea groups is 1. The molecule has 6 nitrogen and oxygen atoms in total. The van der Waals surface area contributed by atoms with Gasteiger partial charge in [-0.05, 0) is 30.7 Å². The fourth-order valence-electron chi connectivity index (χ4n) is 3.18. The SMILES string of the molecule is CC[C@@](C)(CCNC(=O)N1CCCNC(=O)C1)c1ccccc1OC. The summed E-state index contributed by atoms with van der Waals surface area (Å²) < 4.78 is 5.50. The first kappa shape index (κ1) is 19.1. The second-order valence-electron chi connectivity index (χ2n) is 6.72. The predicted molar refractivity (Wildman–Crippen MR) is 97.9 cm³/mol. The van der Waals surface area contributed by atoms with Crippen molar-refractivity contribution < 1.29 is 14.3 Å². The molecule has 2 N–H and O–H groups in total. The lowest BCUT2D eigenvalue weighted by molar-refractivity contribution is -0.121. The standard InChI is InChI=1S/C19H29N3O3/c1-4-19(2,15-8-5-6-9-16(15)25-3)10-12-21-18(24)22-13-7-11-20-17(23)14-22/h5-6,8-9H,4,7,10-14H2,1-3H3,(H,20,23)(H,21,24)/t19-/m0/s1. The molecule has 1 aliphatic heterocycles. The highest BCUT2D eigenvalue weighted by Crippen LogP contribution is 2.36. The molecule has 1 fully saturated rings. The lowest BCUT2D eigenvalue weighted by Gasteiger charge is -2.31. The molecule has 0 bridgehead atoms. The molecule has 1 heterocycles. The van der Waals surface area contributed by atoms with Crippen molar-refractivity contribution in [1.29, 1.82) is 0 Å². The summed E-state index contributed by atoms with van der Waals surface area (Å²) in [6, 6.07) is 7.86. The number of carbonyl (C=O) groups excluding carboxylic acids is 2. The topological polar surface area (TPSA) is 70.7 Å². The molecule has 138 valence electrons. The summed E-state index contributed by atoms with van der Waals surface area (Å²) in [5, 5.41) is 5.74. The van der Waals surface area contributed by atoms with Crippen LogP contribution in [0.15, 0.2) is 24.3 Å². The van der Waals surface area contributed by atoms with Crippen molar-refractivity contribution in [2.45, 2.75) is 38.5 Å². The molecule has 6 heteroatoms. The zero-order chi connectivity index (χ0) is 18.3. The Morgan fingerprint density at radius 2 is 2.16 bits per heavy atom. The fourth-order valence-corrected chi connectivity index (χ4v) is 3.18. The van der Waals surface area contributed by atoms with Gasteiger partial charge in [-0.3, -0.25) is 4.79 Å². The second kappa shape index (κ2) is 8.74. The van der Waals surface area contributed by atoms with Gasteiger partial charge in [0.2, 0.25) is 5.91 Å². The number of para-hydroxylation sites is 1. The van der Waals surface area contributed by atoms with Crippen LogP contribution in [-0.2, 0) is 10.2 Å². The first-order chi connectivity index (χ1) is 12.0. The van der Waals surface area contributed by atoms with Crippen LogP contribution in [-0.4, -0.2) is 50.1 Å². The highest BCUT2D eigenvalue weighted by Gasteiger charge is 2.28. The first-order valence-electron chi connectivity index (χ1n) is 8.93. The number of ether oxygens (including phenoxy) is 1. The number of methoxy groups -OCH3 is 1. The van der Waals surface area contributed by atoms with E-state index in [0.717, 1.165) is 30.6 Å². The van der Waals surface area contributed by atoms with Crippen molar-refractivity contribution in [1.82, 2.24) is 15.5 Å². The summed E-state index contributed by atoms with van der Waals surface area (Å²) in [5.41, 5.74) is 1.07. The minimum Gasteiger partial charge on any atom is -0.496 e. The third-order valence-corrected chi connectivity index (χ3v) is 5.04. The Balaban J connectivity index is 1.96. The maximum Gasteiger partial charge on any atom is 0.317 e. The van der Waals surface area contributed by atoms with Crippen LogP contribution in [0.3, 0.4) is 0 Å². The smallest absolute Gasteiger partial charge is 0.317 e. The lowest BCUT2D eigenvalue weighted by atomic mass is 9.77. The summed E-state index contributed by atoms with van der Waals surface area (Å²) in [5.74, 6) is 0.780. The third kappa shape index (κ3) is 4.87. The second-order valence-corrected chi connectivity index (χ2v) is 6.72. The Hall–Kier alpha value is -2.24. The molecule has 3 amide bonds. The Bertz CT molecular complexity index is 605. The van der Waals surface area contributed by atoms with Gasteiger partial charge in [0, 0.05) is 25.2 Å². The highest BCUT2D eigenvalue weighted by atomic mass is 16.5. The number of rotatable bonds is 6. The molecule has 1 saturated heterocycles. The molecular weight excluding hydrogens is 318 g/mol. The van der Waals surface area contributed by atoms with Crippen molar-refractivity contribution in [2.24, 2.45) is 0 Å². The molecule has 0 aliphatic carbocycles. The van der Waals surface area contributed by atoms with Crippen molar-refractivity contribution in [3.05, 3.63) is 29.8 Å². The average molecular weight is 347 g/mol. The van der Waals surface area contributed by atoms with Crippen molar-refractivity contribution in [3.63, 3.8) is 0 Å². The van der Waals surface area contributed by atoms with Crippen LogP contribution >= 0.6 is 0 Å². The van der Waals surface area contributed by atoms with Gasteiger partial charge in [0.05, 0.1) is 7.11 Å². The van der Waals surface area contributed by atoms with Crippen LogP contribution in [0.5, 0.6) is 5.75 Å². The Morgan fingerprint density at radius 1 is 1.40 bits per heavy atom. The summed E-state index contributed by atoms with van der Waals surface area (Å²) in [4.78, 5) is 25.5. The van der Waals surface area contributed by atoms with Crippen LogP contribution in [0.25, 0.3) is 0 Å². The van der Waals surface area contributed by atoms with Crippen LogP contribution < -0.4 is 15.4 Å². The Labute approximate surface area is 149 Å². The van der Waals surface area contributed by atoms with E-state index in [2.05, 4.69) is 30.5 Å². The van der Waals surface area contributed by atoms with E-state index in [0.29, 0.717) is 19.6 Å². The highest BCUT2D eigenvalue weighted by molar-refractivity contribution is 5.84. The van der Waals surface area contributed by atoms with E-state index in [1.807, 2.05) is 18.2 Å². The third-order valence-electron chi connectivity index (χ3n) is 5.04. The zero-order valence-corrected chi connectivity index (χ0v) is 15.4. The fraction of sp³-hybridized carbons (Fsp3) is 0.579. The largest absolute Gasteiger partial charge is 0.496 e. The van der Waals surface area contributed by atoms with Crippen molar-refractivity contribution in [2.75, 3.05) is 33.3 Å². The maximum atomic E-state index is 12.3. The van der Waals surface area contributed by atoms with E-state index in [1.54, 1.807) is 12.0 Å². The summed E-state index contributed by atoms with van der Waals surface area (Å²) >= 11 is 0. The average Bonchev–Trinajstić information content (AvgIpc) is 2.86. The van der Waals surface area contributed by atoms with E-state index in [9.17, 15) is 9.59 Å². The molecule has 0 unspecified atom stereocenters. The molecular formula is C19H29N3O3. The number of hydrogen-bond donors (Lipinski definition) is 2. The summed E-state index contributed by atoms with van der Waals surface area (Å²) in [6.07, 6.45) is 2.53. The minimum atomic E-state index is -0.171. The van der Waals surface area contributed by atoms with Gasteiger partial charge in [0.25, 0.3) is 0 Å². The van der Waals surface area contributed by atoms with E-state index >= 15 is 0 Å². The molecule has 0 aromatic heterocycles. The first-order valence-corrected chi connectivity index (χ1v) is 8.93. The zero-order valence-electron chi connectivity index (χ0n) is 15.4. The minimum absolute atomic E-state index is 0.0873. The summed E-state index contributed by atoms with van der Waals surface area (Å²) in [7, 11) is 1.68. The quantitative estimate of drug-likeness (QED) is 0.829. The van der Waals surface area contributed by atoms with Crippen LogP contribution in [0.2, 0.25) is 0 Å². The van der Waals surface area contributed by atoms with Gasteiger partial charge in [-0.2, -0.15) is 0 Å².